The molecule has 1 fully saturated rings. The number of benzene rings is 2. The highest BCUT2D eigenvalue weighted by Crippen LogP contribution is 2.40. The van der Waals surface area contributed by atoms with Crippen LogP contribution in [0.2, 0.25) is 0 Å². The predicted molar refractivity (Wildman–Crippen MR) is 110 cm³/mol. The number of para-hydroxylation sites is 1. The average Bonchev–Trinajstić information content (AvgIpc) is 3.21. The average molecular weight is 397 g/mol. The van der Waals surface area contributed by atoms with Crippen LogP contribution >= 0.6 is 23.5 Å². The third-order valence-corrected chi connectivity index (χ3v) is 6.53. The molecule has 136 valence electrons. The van der Waals surface area contributed by atoms with Crippen LogP contribution in [0.1, 0.15) is 15.9 Å². The molecule has 2 aromatic rings. The summed E-state index contributed by atoms with van der Waals surface area (Å²) in [6, 6.07) is 14.8. The van der Waals surface area contributed by atoms with Gasteiger partial charge in [0.2, 0.25) is 0 Å². The molecule has 0 unspecified atom stereocenters. The lowest BCUT2D eigenvalue weighted by molar-refractivity contribution is -0.385. The van der Waals surface area contributed by atoms with Gasteiger partial charge >= 0.3 is 0 Å². The van der Waals surface area contributed by atoms with Gasteiger partial charge in [0.25, 0.3) is 5.69 Å². The number of nitro groups is 1. The second-order valence-electron chi connectivity index (χ2n) is 5.57. The Labute approximate surface area is 164 Å². The van der Waals surface area contributed by atoms with E-state index in [4.69, 9.17) is 0 Å². The molecule has 27 heavy (non-hydrogen) atoms. The van der Waals surface area contributed by atoms with E-state index in [-0.39, 0.29) is 17.0 Å². The summed E-state index contributed by atoms with van der Waals surface area (Å²) < 4.78 is 0.709. The van der Waals surface area contributed by atoms with E-state index in [9.17, 15) is 19.7 Å². The molecule has 0 amide bonds. The summed E-state index contributed by atoms with van der Waals surface area (Å²) in [5.41, 5.74) is 0.804. The van der Waals surface area contributed by atoms with Gasteiger partial charge in [0.05, 0.1) is 20.3 Å². The van der Waals surface area contributed by atoms with Crippen LogP contribution in [-0.2, 0) is 4.79 Å². The van der Waals surface area contributed by atoms with Crippen molar-refractivity contribution in [3.63, 3.8) is 0 Å². The van der Waals surface area contributed by atoms with Gasteiger partial charge in [-0.25, -0.2) is 0 Å². The van der Waals surface area contributed by atoms with Crippen molar-refractivity contribution < 1.29 is 14.5 Å². The van der Waals surface area contributed by atoms with E-state index in [1.165, 1.54) is 41.7 Å². The first-order valence-corrected chi connectivity index (χ1v) is 10.1. The molecule has 7 heteroatoms. The van der Waals surface area contributed by atoms with Gasteiger partial charge < -0.3 is 0 Å². The zero-order chi connectivity index (χ0) is 19.2. The Balaban J connectivity index is 1.95. The molecule has 0 atom stereocenters. The van der Waals surface area contributed by atoms with Crippen molar-refractivity contribution in [3.05, 3.63) is 91.7 Å². The molecule has 1 saturated heterocycles. The Morgan fingerprint density at radius 3 is 2.26 bits per heavy atom. The fourth-order valence-electron chi connectivity index (χ4n) is 2.54. The second-order valence-corrected chi connectivity index (χ2v) is 8.04. The number of hydrogen-bond acceptors (Lipinski definition) is 6. The van der Waals surface area contributed by atoms with E-state index in [0.29, 0.717) is 15.4 Å². The summed E-state index contributed by atoms with van der Waals surface area (Å²) in [6.45, 7) is 0. The Morgan fingerprint density at radius 1 is 0.963 bits per heavy atom. The van der Waals surface area contributed by atoms with Gasteiger partial charge in [-0.15, -0.1) is 23.5 Å². The summed E-state index contributed by atoms with van der Waals surface area (Å²) in [4.78, 5) is 36.4. The van der Waals surface area contributed by atoms with E-state index in [1.54, 1.807) is 48.5 Å². The van der Waals surface area contributed by atoms with Crippen LogP contribution in [-0.4, -0.2) is 28.0 Å². The summed E-state index contributed by atoms with van der Waals surface area (Å²) >= 11 is 2.98. The summed E-state index contributed by atoms with van der Waals surface area (Å²) in [5.74, 6) is 0.906. The molecule has 0 bridgehead atoms. The molecule has 3 rings (SSSR count). The molecule has 0 aromatic heterocycles. The van der Waals surface area contributed by atoms with Crippen LogP contribution in [0.5, 0.6) is 0 Å². The maximum atomic E-state index is 12.9. The monoisotopic (exact) mass is 397 g/mol. The lowest BCUT2D eigenvalue weighted by Crippen LogP contribution is -2.12. The molecular formula is C20H15NO4S2. The van der Waals surface area contributed by atoms with Gasteiger partial charge in [-0.1, -0.05) is 42.5 Å². The topological polar surface area (TPSA) is 77.3 Å². The zero-order valence-electron chi connectivity index (χ0n) is 14.2. The van der Waals surface area contributed by atoms with Gasteiger partial charge in [0, 0.05) is 23.1 Å². The molecule has 1 aliphatic rings. The largest absolute Gasteiger partial charge is 0.289 e. The molecule has 0 saturated carbocycles. The number of rotatable bonds is 6. The minimum absolute atomic E-state index is 0.0882. The maximum Gasteiger partial charge on any atom is 0.276 e. The minimum Gasteiger partial charge on any atom is -0.289 e. The number of nitro benzene ring substituents is 1. The van der Waals surface area contributed by atoms with E-state index in [2.05, 4.69) is 0 Å². The molecule has 0 radical (unpaired) electrons. The number of carbonyl (C=O) groups excluding carboxylic acids is 2. The molecule has 1 aliphatic heterocycles. The smallest absolute Gasteiger partial charge is 0.276 e. The van der Waals surface area contributed by atoms with Gasteiger partial charge in [-0.2, -0.15) is 0 Å². The Hall–Kier alpha value is -2.64. The predicted octanol–water partition coefficient (Wildman–Crippen LogP) is 4.75. The summed E-state index contributed by atoms with van der Waals surface area (Å²) in [6.07, 6.45) is 2.63. The maximum absolute atomic E-state index is 12.9. The van der Waals surface area contributed by atoms with Crippen molar-refractivity contribution in [2.24, 2.45) is 0 Å². The normalized spacial score (nSPS) is 13.7. The number of thioether (sulfide) groups is 2. The van der Waals surface area contributed by atoms with Crippen molar-refractivity contribution in [3.8, 4) is 0 Å². The summed E-state index contributed by atoms with van der Waals surface area (Å²) in [5, 5.41) is 11.1. The highest BCUT2D eigenvalue weighted by molar-refractivity contribution is 8.25. The quantitative estimate of drug-likeness (QED) is 0.175. The van der Waals surface area contributed by atoms with Crippen molar-refractivity contribution >= 4 is 46.9 Å². The highest BCUT2D eigenvalue weighted by Gasteiger charge is 2.25. The van der Waals surface area contributed by atoms with Crippen LogP contribution in [0.3, 0.4) is 0 Å². The van der Waals surface area contributed by atoms with Crippen LogP contribution in [0, 0.1) is 10.1 Å². The number of carbonyl (C=O) groups is 2. The Morgan fingerprint density at radius 2 is 1.59 bits per heavy atom. The molecule has 0 N–H and O–H groups in total. The molecule has 5 nitrogen and oxygen atoms in total. The third kappa shape index (κ3) is 4.56. The first-order valence-electron chi connectivity index (χ1n) is 8.13. The lowest BCUT2D eigenvalue weighted by atomic mass is 10.0. The first kappa shape index (κ1) is 19.1. The van der Waals surface area contributed by atoms with E-state index < -0.39 is 10.7 Å². The number of hydrogen-bond donors (Lipinski definition) is 0. The van der Waals surface area contributed by atoms with Crippen molar-refractivity contribution in [2.75, 3.05) is 11.5 Å². The number of allylic oxidation sites excluding steroid dienone is 2. The molecule has 0 aliphatic carbocycles. The van der Waals surface area contributed by atoms with E-state index in [0.717, 1.165) is 11.5 Å². The van der Waals surface area contributed by atoms with E-state index >= 15 is 0 Å². The van der Waals surface area contributed by atoms with Gasteiger partial charge in [0.15, 0.2) is 11.6 Å². The van der Waals surface area contributed by atoms with Crippen LogP contribution in [0.15, 0.2) is 70.5 Å². The summed E-state index contributed by atoms with van der Waals surface area (Å²) in [7, 11) is 0. The van der Waals surface area contributed by atoms with Gasteiger partial charge in [0.1, 0.15) is 0 Å². The standard InChI is InChI=1S/C20H15NO4S2/c22-17(11-10-14-6-4-5-9-16(14)21(24)25)18(20-26-12-13-27-20)19(23)15-7-2-1-3-8-15/h1-11H,12-13H2. The molecule has 0 spiro atoms. The van der Waals surface area contributed by atoms with Crippen molar-refractivity contribution in [1.82, 2.24) is 0 Å². The van der Waals surface area contributed by atoms with Crippen LogP contribution in [0.4, 0.5) is 5.69 Å². The third-order valence-electron chi connectivity index (χ3n) is 3.81. The molecule has 2 aromatic carbocycles. The minimum atomic E-state index is -0.499. The zero-order valence-corrected chi connectivity index (χ0v) is 15.8. The highest BCUT2D eigenvalue weighted by atomic mass is 32.2. The fraction of sp³-hybridized carbons (Fsp3) is 0.100. The molecular weight excluding hydrogens is 382 g/mol. The molecule has 1 heterocycles. The van der Waals surface area contributed by atoms with Crippen molar-refractivity contribution in [1.29, 1.82) is 0 Å². The Bertz CT molecular complexity index is 943. The van der Waals surface area contributed by atoms with Gasteiger partial charge in [-0.3, -0.25) is 19.7 Å². The van der Waals surface area contributed by atoms with Crippen molar-refractivity contribution in [2.45, 2.75) is 0 Å². The number of nitrogens with zero attached hydrogens (tertiary/aromatic N) is 1. The fourth-order valence-corrected chi connectivity index (χ4v) is 5.08. The Kier molecular flexibility index (Phi) is 6.26. The SMILES string of the molecule is O=C(C=Cc1ccccc1[N+](=O)[O-])C(C(=O)c1ccccc1)=C1SCCS1. The number of Topliss-reactive ketones (excluding diaryl/α,β-unsaturated/α-hetero) is 1. The second kappa shape index (κ2) is 8.83. The first-order chi connectivity index (χ1) is 13.1. The van der Waals surface area contributed by atoms with E-state index in [1.807, 2.05) is 0 Å². The van der Waals surface area contributed by atoms with Gasteiger partial charge in [-0.05, 0) is 18.2 Å². The van der Waals surface area contributed by atoms with Crippen LogP contribution in [0.25, 0.3) is 6.08 Å². The lowest BCUT2D eigenvalue weighted by Gasteiger charge is -2.07. The van der Waals surface area contributed by atoms with Crippen LogP contribution < -0.4 is 0 Å². The number of ketones is 2.